The van der Waals surface area contributed by atoms with Gasteiger partial charge in [0, 0.05) is 10.8 Å². The topological polar surface area (TPSA) is 25.8 Å². The molecule has 47 heavy (non-hydrogen) atoms. The smallest absolute Gasteiger partial charge is 0.113 e. The maximum atomic E-state index is 4.77. The number of hydrogen-bond donors (Lipinski definition) is 0. The summed E-state index contributed by atoms with van der Waals surface area (Å²) in [5.41, 5.74) is 10.6. The van der Waals surface area contributed by atoms with Crippen LogP contribution in [0.1, 0.15) is 26.3 Å². The van der Waals surface area contributed by atoms with Crippen LogP contribution < -0.4 is 0 Å². The van der Waals surface area contributed by atoms with E-state index in [0.717, 1.165) is 16.4 Å². The van der Waals surface area contributed by atoms with Crippen LogP contribution in [-0.2, 0) is 5.41 Å². The van der Waals surface area contributed by atoms with E-state index in [1.165, 1.54) is 88.4 Å². The lowest BCUT2D eigenvalue weighted by molar-refractivity contribution is 0.591. The molecule has 1 heterocycles. The Hall–Kier alpha value is -5.38. The molecular weight excluding hydrogens is 589 g/mol. The molecule has 0 saturated heterocycles. The molecule has 3 heteroatoms. The van der Waals surface area contributed by atoms with Crippen molar-refractivity contribution in [2.45, 2.75) is 26.2 Å². The molecule has 0 aliphatic rings. The fourth-order valence-electron chi connectivity index (χ4n) is 7.09. The third-order valence-corrected chi connectivity index (χ3v) is 10.2. The van der Waals surface area contributed by atoms with Crippen molar-refractivity contribution in [1.29, 1.82) is 0 Å². The van der Waals surface area contributed by atoms with Crippen LogP contribution >= 0.6 is 11.7 Å². The first-order valence-corrected chi connectivity index (χ1v) is 16.9. The van der Waals surface area contributed by atoms with E-state index in [2.05, 4.69) is 160 Å². The van der Waals surface area contributed by atoms with Crippen molar-refractivity contribution >= 4 is 65.9 Å². The first-order chi connectivity index (χ1) is 22.9. The van der Waals surface area contributed by atoms with Crippen molar-refractivity contribution in [3.63, 3.8) is 0 Å². The fraction of sp³-hybridized carbons (Fsp3) is 0.0909. The zero-order valence-electron chi connectivity index (χ0n) is 26.6. The lowest BCUT2D eigenvalue weighted by atomic mass is 9.85. The van der Waals surface area contributed by atoms with E-state index >= 15 is 0 Å². The van der Waals surface area contributed by atoms with Gasteiger partial charge in [0.2, 0.25) is 0 Å². The minimum atomic E-state index is 0.0661. The highest BCUT2D eigenvalue weighted by atomic mass is 32.1. The van der Waals surface area contributed by atoms with E-state index in [0.29, 0.717) is 0 Å². The Morgan fingerprint density at radius 1 is 0.383 bits per heavy atom. The van der Waals surface area contributed by atoms with Crippen molar-refractivity contribution in [1.82, 2.24) is 8.75 Å². The average Bonchev–Trinajstić information content (AvgIpc) is 3.61. The third-order valence-electron chi connectivity index (χ3n) is 9.66. The third kappa shape index (κ3) is 4.69. The molecule has 0 aliphatic heterocycles. The Morgan fingerprint density at radius 3 is 1.64 bits per heavy atom. The first-order valence-electron chi connectivity index (χ1n) is 16.2. The molecule has 2 nitrogen and oxygen atoms in total. The standard InChI is InChI=1S/C44H32N2S/c1-44(2,3)35-18-21-39-40(26-35)38-20-17-33(25-41(38)43-42(39)45-47-46-43)31-12-7-10-29(23-31)28-9-6-11-30(22-28)32-16-19-37-34(24-32)15-14-27-8-4-5-13-36(27)37/h4-26H,1-3H3. The predicted octanol–water partition coefficient (Wildman–Crippen LogP) is 12.6. The highest BCUT2D eigenvalue weighted by Gasteiger charge is 2.18. The van der Waals surface area contributed by atoms with Crippen LogP contribution in [0.5, 0.6) is 0 Å². The zero-order valence-corrected chi connectivity index (χ0v) is 27.4. The van der Waals surface area contributed by atoms with Crippen LogP contribution in [-0.4, -0.2) is 8.75 Å². The van der Waals surface area contributed by atoms with E-state index in [1.54, 1.807) is 0 Å². The van der Waals surface area contributed by atoms with Gasteiger partial charge < -0.3 is 0 Å². The van der Waals surface area contributed by atoms with Gasteiger partial charge in [-0.15, -0.1) is 0 Å². The summed E-state index contributed by atoms with van der Waals surface area (Å²) in [6.07, 6.45) is 0. The molecule has 0 atom stereocenters. The van der Waals surface area contributed by atoms with Gasteiger partial charge in [-0.2, -0.15) is 8.75 Å². The van der Waals surface area contributed by atoms with E-state index in [4.69, 9.17) is 8.75 Å². The van der Waals surface area contributed by atoms with Gasteiger partial charge in [0.05, 0.1) is 11.7 Å². The van der Waals surface area contributed by atoms with Crippen molar-refractivity contribution in [2.75, 3.05) is 0 Å². The number of fused-ring (bicyclic) bond motifs is 9. The molecule has 0 amide bonds. The van der Waals surface area contributed by atoms with Gasteiger partial charge in [-0.05, 0) is 107 Å². The number of benzene rings is 8. The summed E-state index contributed by atoms with van der Waals surface area (Å²) in [5.74, 6) is 0. The molecule has 1 aromatic heterocycles. The molecule has 0 unspecified atom stereocenters. The second kappa shape index (κ2) is 10.6. The first kappa shape index (κ1) is 27.9. The van der Waals surface area contributed by atoms with E-state index in [-0.39, 0.29) is 5.41 Å². The summed E-state index contributed by atoms with van der Waals surface area (Å²) in [6.45, 7) is 6.80. The highest BCUT2D eigenvalue weighted by molar-refractivity contribution is 7.00. The summed E-state index contributed by atoms with van der Waals surface area (Å²) < 4.78 is 9.51. The molecular formula is C44H32N2S. The summed E-state index contributed by atoms with van der Waals surface area (Å²) in [5, 5.41) is 9.91. The quantitative estimate of drug-likeness (QED) is 0.184. The Bertz CT molecular complexity index is 2670. The van der Waals surface area contributed by atoms with Gasteiger partial charge in [0.25, 0.3) is 0 Å². The lowest BCUT2D eigenvalue weighted by Crippen LogP contribution is -2.10. The molecule has 9 aromatic rings. The Balaban J connectivity index is 1.12. The lowest BCUT2D eigenvalue weighted by Gasteiger charge is -2.20. The summed E-state index contributed by atoms with van der Waals surface area (Å²) in [4.78, 5) is 0. The summed E-state index contributed by atoms with van der Waals surface area (Å²) >= 11 is 1.29. The van der Waals surface area contributed by atoms with Crippen LogP contribution in [0.4, 0.5) is 0 Å². The molecule has 0 spiro atoms. The van der Waals surface area contributed by atoms with Crippen molar-refractivity contribution in [3.05, 3.63) is 145 Å². The van der Waals surface area contributed by atoms with Crippen molar-refractivity contribution < 1.29 is 0 Å². The Kier molecular flexibility index (Phi) is 6.28. The summed E-state index contributed by atoms with van der Waals surface area (Å²) in [6, 6.07) is 51.3. The van der Waals surface area contributed by atoms with E-state index < -0.39 is 0 Å². The normalized spacial score (nSPS) is 12.1. The van der Waals surface area contributed by atoms with E-state index in [9.17, 15) is 0 Å². The number of hydrogen-bond acceptors (Lipinski definition) is 3. The molecule has 9 rings (SSSR count). The van der Waals surface area contributed by atoms with Gasteiger partial charge in [-0.3, -0.25) is 0 Å². The molecule has 0 saturated carbocycles. The van der Waals surface area contributed by atoms with Crippen molar-refractivity contribution in [2.24, 2.45) is 0 Å². The fourth-order valence-corrected chi connectivity index (χ4v) is 7.66. The minimum absolute atomic E-state index is 0.0661. The van der Waals surface area contributed by atoms with Crippen LogP contribution in [0.25, 0.3) is 87.5 Å². The zero-order chi connectivity index (χ0) is 31.7. The molecule has 224 valence electrons. The van der Waals surface area contributed by atoms with Crippen LogP contribution in [0.2, 0.25) is 0 Å². The molecule has 0 N–H and O–H groups in total. The maximum absolute atomic E-state index is 4.77. The van der Waals surface area contributed by atoms with Gasteiger partial charge in [-0.25, -0.2) is 0 Å². The van der Waals surface area contributed by atoms with Crippen LogP contribution in [0.15, 0.2) is 140 Å². The second-order valence-corrected chi connectivity index (χ2v) is 14.1. The molecule has 0 fully saturated rings. The average molecular weight is 621 g/mol. The van der Waals surface area contributed by atoms with Crippen LogP contribution in [0, 0.1) is 0 Å². The largest absolute Gasteiger partial charge is 0.172 e. The molecule has 0 bridgehead atoms. The summed E-state index contributed by atoms with van der Waals surface area (Å²) in [7, 11) is 0. The SMILES string of the molecule is CC(C)(C)c1ccc2c(c1)c1ccc(-c3cccc(-c4cccc(-c5ccc6c(ccc7ccccc76)c5)c4)c3)cc1c1nsnc21. The van der Waals surface area contributed by atoms with Crippen LogP contribution in [0.3, 0.4) is 0 Å². The van der Waals surface area contributed by atoms with Gasteiger partial charge >= 0.3 is 0 Å². The molecule has 0 radical (unpaired) electrons. The molecule has 8 aromatic carbocycles. The van der Waals surface area contributed by atoms with Gasteiger partial charge in [0.15, 0.2) is 0 Å². The van der Waals surface area contributed by atoms with Gasteiger partial charge in [-0.1, -0.05) is 130 Å². The maximum Gasteiger partial charge on any atom is 0.113 e. The predicted molar refractivity (Wildman–Crippen MR) is 202 cm³/mol. The Morgan fingerprint density at radius 2 is 0.936 bits per heavy atom. The molecule has 0 aliphatic carbocycles. The van der Waals surface area contributed by atoms with E-state index in [1.807, 2.05) is 0 Å². The number of rotatable bonds is 3. The monoisotopic (exact) mass is 620 g/mol. The highest BCUT2D eigenvalue weighted by Crippen LogP contribution is 2.39. The number of aromatic nitrogens is 2. The van der Waals surface area contributed by atoms with Gasteiger partial charge in [0.1, 0.15) is 11.0 Å². The van der Waals surface area contributed by atoms with Crippen molar-refractivity contribution in [3.8, 4) is 33.4 Å². The number of nitrogens with zero attached hydrogens (tertiary/aromatic N) is 2. The Labute approximate surface area is 278 Å². The second-order valence-electron chi connectivity index (χ2n) is 13.6. The minimum Gasteiger partial charge on any atom is -0.172 e.